The summed E-state index contributed by atoms with van der Waals surface area (Å²) in [6.45, 7) is -0.233. The van der Waals surface area contributed by atoms with E-state index in [1.165, 1.54) is 24.3 Å². The van der Waals surface area contributed by atoms with Gasteiger partial charge in [-0.25, -0.2) is 0 Å². The lowest BCUT2D eigenvalue weighted by molar-refractivity contribution is -0.244. The van der Waals surface area contributed by atoms with Crippen molar-refractivity contribution in [2.24, 2.45) is 0 Å². The van der Waals surface area contributed by atoms with Gasteiger partial charge in [-0.05, 0) is 36.4 Å². The van der Waals surface area contributed by atoms with E-state index in [-0.39, 0.29) is 23.5 Å². The molecule has 150 valence electrons. The molecule has 0 spiro atoms. The summed E-state index contributed by atoms with van der Waals surface area (Å²) >= 11 is 0. The lowest BCUT2D eigenvalue weighted by Crippen LogP contribution is -2.55. The Morgan fingerprint density at radius 2 is 1.50 bits per heavy atom. The molecular formula is C19H17F3O6. The number of benzene rings is 2. The molecule has 0 radical (unpaired) electrons. The molecule has 1 aliphatic rings. The first-order chi connectivity index (χ1) is 13.2. The molecule has 1 fully saturated rings. The summed E-state index contributed by atoms with van der Waals surface area (Å²) in [6, 6.07) is 9.47. The maximum absolute atomic E-state index is 12.6. The first kappa shape index (κ1) is 20.3. The van der Waals surface area contributed by atoms with Gasteiger partial charge in [0.1, 0.15) is 18.0 Å². The van der Waals surface area contributed by atoms with E-state index in [2.05, 4.69) is 0 Å². The lowest BCUT2D eigenvalue weighted by Gasteiger charge is -2.35. The Labute approximate surface area is 157 Å². The smallest absolute Gasteiger partial charge is 0.416 e. The number of ether oxygens (including phenoxy) is 2. The molecule has 0 aromatic heterocycles. The molecule has 3 rings (SSSR count). The van der Waals surface area contributed by atoms with Crippen LogP contribution in [0.25, 0.3) is 0 Å². The Kier molecular flexibility index (Phi) is 5.71. The maximum atomic E-state index is 12.6. The van der Waals surface area contributed by atoms with E-state index in [0.717, 1.165) is 24.3 Å². The second kappa shape index (κ2) is 7.88. The average molecular weight is 398 g/mol. The molecule has 0 amide bonds. The number of rotatable bonds is 4. The Hall–Kier alpha value is -2.46. The van der Waals surface area contributed by atoms with Gasteiger partial charge >= 0.3 is 6.18 Å². The third kappa shape index (κ3) is 4.33. The minimum atomic E-state index is -4.48. The van der Waals surface area contributed by atoms with Crippen molar-refractivity contribution in [1.29, 1.82) is 0 Å². The predicted molar refractivity (Wildman–Crippen MR) is 89.7 cm³/mol. The molecule has 6 nitrogen and oxygen atoms in total. The van der Waals surface area contributed by atoms with Crippen LogP contribution >= 0.6 is 0 Å². The van der Waals surface area contributed by atoms with E-state index in [1.807, 2.05) is 0 Å². The highest BCUT2D eigenvalue weighted by Gasteiger charge is 2.39. The van der Waals surface area contributed by atoms with Crippen LogP contribution in [0.3, 0.4) is 0 Å². The van der Waals surface area contributed by atoms with Gasteiger partial charge in [-0.15, -0.1) is 0 Å². The van der Waals surface area contributed by atoms with Gasteiger partial charge in [0.15, 0.2) is 18.2 Å². The highest BCUT2D eigenvalue weighted by atomic mass is 19.4. The van der Waals surface area contributed by atoms with E-state index in [9.17, 15) is 33.3 Å². The Bertz CT molecular complexity index is 819. The number of aliphatic hydroxyl groups is 3. The molecule has 0 unspecified atom stereocenters. The summed E-state index contributed by atoms with van der Waals surface area (Å²) in [4.78, 5) is 12.4. The molecule has 1 heterocycles. The first-order valence-electron chi connectivity index (χ1n) is 8.31. The van der Waals surface area contributed by atoms with Crippen LogP contribution in [0.15, 0.2) is 48.5 Å². The molecule has 28 heavy (non-hydrogen) atoms. The quantitative estimate of drug-likeness (QED) is 0.680. The number of aliphatic hydroxyl groups excluding tert-OH is 3. The fraction of sp³-hybridized carbons (Fsp3) is 0.316. The molecule has 2 aromatic rings. The Morgan fingerprint density at radius 1 is 0.964 bits per heavy atom. The van der Waals surface area contributed by atoms with Gasteiger partial charge in [0, 0.05) is 11.1 Å². The summed E-state index contributed by atoms with van der Waals surface area (Å²) in [6.07, 6.45) is -9.72. The van der Waals surface area contributed by atoms with E-state index < -0.39 is 42.1 Å². The van der Waals surface area contributed by atoms with Crippen LogP contribution in [0.2, 0.25) is 0 Å². The Balaban J connectivity index is 1.71. The third-order valence-corrected chi connectivity index (χ3v) is 4.31. The summed E-state index contributed by atoms with van der Waals surface area (Å²) < 4.78 is 48.1. The van der Waals surface area contributed by atoms with Crippen molar-refractivity contribution in [3.8, 4) is 5.75 Å². The van der Waals surface area contributed by atoms with Gasteiger partial charge in [0.05, 0.1) is 12.2 Å². The van der Waals surface area contributed by atoms with Gasteiger partial charge in [0.2, 0.25) is 0 Å². The standard InChI is InChI=1S/C19H17F3O6/c20-19(21,22)12-5-1-10(2-6-12)15(24)11-3-7-13(8-4-11)28-17-16(25)14(23)9-27-18(17)26/h1-8,14,16-18,23,25-26H,9H2/t14-,16+,17-,18+/m1/s1. The van der Waals surface area contributed by atoms with Crippen molar-refractivity contribution in [2.45, 2.75) is 30.8 Å². The normalized spacial score (nSPS) is 25.4. The van der Waals surface area contributed by atoms with Gasteiger partial charge in [0.25, 0.3) is 0 Å². The monoisotopic (exact) mass is 398 g/mol. The molecule has 0 aliphatic carbocycles. The molecule has 0 saturated carbocycles. The highest BCUT2D eigenvalue weighted by Crippen LogP contribution is 2.29. The molecule has 1 saturated heterocycles. The molecule has 4 atom stereocenters. The highest BCUT2D eigenvalue weighted by molar-refractivity contribution is 6.09. The van der Waals surface area contributed by atoms with Crippen LogP contribution in [0.4, 0.5) is 13.2 Å². The number of carbonyl (C=O) groups excluding carboxylic acids is 1. The second-order valence-corrected chi connectivity index (χ2v) is 6.29. The minimum Gasteiger partial charge on any atom is -0.482 e. The zero-order valence-electron chi connectivity index (χ0n) is 14.3. The van der Waals surface area contributed by atoms with Crippen LogP contribution in [0.1, 0.15) is 21.5 Å². The predicted octanol–water partition coefficient (Wildman–Crippen LogP) is 1.75. The van der Waals surface area contributed by atoms with Crippen molar-refractivity contribution < 1.29 is 42.8 Å². The second-order valence-electron chi connectivity index (χ2n) is 6.29. The van der Waals surface area contributed by atoms with Crippen molar-refractivity contribution in [3.05, 3.63) is 65.2 Å². The van der Waals surface area contributed by atoms with Gasteiger partial charge in [-0.3, -0.25) is 4.79 Å². The van der Waals surface area contributed by atoms with Crippen LogP contribution in [-0.4, -0.2) is 52.3 Å². The van der Waals surface area contributed by atoms with Gasteiger partial charge < -0.3 is 24.8 Å². The summed E-state index contributed by atoms with van der Waals surface area (Å²) in [7, 11) is 0. The maximum Gasteiger partial charge on any atom is 0.416 e. The van der Waals surface area contributed by atoms with E-state index in [1.54, 1.807) is 0 Å². The first-order valence-corrected chi connectivity index (χ1v) is 8.31. The molecule has 3 N–H and O–H groups in total. The van der Waals surface area contributed by atoms with Gasteiger partial charge in [-0.2, -0.15) is 13.2 Å². The number of hydrogen-bond donors (Lipinski definition) is 3. The number of hydrogen-bond acceptors (Lipinski definition) is 6. The van der Waals surface area contributed by atoms with Crippen LogP contribution < -0.4 is 4.74 Å². The summed E-state index contributed by atoms with van der Waals surface area (Å²) in [5.74, 6) is -0.276. The SMILES string of the molecule is O=C(c1ccc(O[C@@H]2[C@@H](O)[C@H](O)CO[C@@H]2O)cc1)c1ccc(C(F)(F)F)cc1. The topological polar surface area (TPSA) is 96.2 Å². The minimum absolute atomic E-state index is 0.0938. The van der Waals surface area contributed by atoms with Crippen molar-refractivity contribution in [3.63, 3.8) is 0 Å². The molecule has 0 bridgehead atoms. The van der Waals surface area contributed by atoms with Gasteiger partial charge in [-0.1, -0.05) is 12.1 Å². The van der Waals surface area contributed by atoms with E-state index in [0.29, 0.717) is 0 Å². The molecular weight excluding hydrogens is 381 g/mol. The van der Waals surface area contributed by atoms with Crippen LogP contribution in [0.5, 0.6) is 5.75 Å². The lowest BCUT2D eigenvalue weighted by atomic mass is 10.0. The number of alkyl halides is 3. The van der Waals surface area contributed by atoms with Crippen LogP contribution in [0, 0.1) is 0 Å². The summed E-state index contributed by atoms with van der Waals surface area (Å²) in [5.41, 5.74) is -0.536. The number of carbonyl (C=O) groups is 1. The molecule has 1 aliphatic heterocycles. The zero-order valence-corrected chi connectivity index (χ0v) is 14.3. The Morgan fingerprint density at radius 3 is 2.04 bits per heavy atom. The van der Waals surface area contributed by atoms with Crippen molar-refractivity contribution >= 4 is 5.78 Å². The van der Waals surface area contributed by atoms with Crippen LogP contribution in [-0.2, 0) is 10.9 Å². The average Bonchev–Trinajstić information content (AvgIpc) is 2.67. The van der Waals surface area contributed by atoms with E-state index >= 15 is 0 Å². The third-order valence-electron chi connectivity index (χ3n) is 4.31. The fourth-order valence-corrected chi connectivity index (χ4v) is 2.73. The zero-order chi connectivity index (χ0) is 20.5. The van der Waals surface area contributed by atoms with E-state index in [4.69, 9.17) is 9.47 Å². The summed E-state index contributed by atoms with van der Waals surface area (Å²) in [5, 5.41) is 29.2. The van der Waals surface area contributed by atoms with Crippen molar-refractivity contribution in [1.82, 2.24) is 0 Å². The molecule has 9 heteroatoms. The number of halogens is 3. The number of ketones is 1. The molecule has 2 aromatic carbocycles. The largest absolute Gasteiger partial charge is 0.482 e. The van der Waals surface area contributed by atoms with Crippen molar-refractivity contribution in [2.75, 3.05) is 6.61 Å². The fourth-order valence-electron chi connectivity index (χ4n) is 2.73.